The number of halogens is 1. The molecular formula is C15H20ClN5O2S. The number of fused-ring (bicyclic) bond motifs is 1. The van der Waals surface area contributed by atoms with Gasteiger partial charge in [0.1, 0.15) is 11.5 Å². The van der Waals surface area contributed by atoms with Gasteiger partial charge in [-0.2, -0.15) is 9.97 Å². The Kier molecular flexibility index (Phi) is 4.32. The molecule has 1 saturated heterocycles. The molecular weight excluding hydrogens is 350 g/mol. The van der Waals surface area contributed by atoms with Crippen molar-refractivity contribution in [1.82, 2.24) is 19.5 Å². The Morgan fingerprint density at radius 3 is 2.67 bits per heavy atom. The van der Waals surface area contributed by atoms with Crippen molar-refractivity contribution in [2.24, 2.45) is 0 Å². The molecule has 2 fully saturated rings. The van der Waals surface area contributed by atoms with E-state index >= 15 is 0 Å². The molecule has 4 rings (SSSR count). The first kappa shape index (κ1) is 16.4. The van der Waals surface area contributed by atoms with Gasteiger partial charge in [0.25, 0.3) is 0 Å². The van der Waals surface area contributed by atoms with E-state index in [0.29, 0.717) is 23.0 Å². The van der Waals surface area contributed by atoms with Gasteiger partial charge in [0.15, 0.2) is 17.0 Å². The van der Waals surface area contributed by atoms with E-state index in [1.807, 2.05) is 6.92 Å². The molecule has 1 saturated carbocycles. The summed E-state index contributed by atoms with van der Waals surface area (Å²) in [5, 5.41) is 23.5. The van der Waals surface area contributed by atoms with Crippen LogP contribution in [-0.4, -0.2) is 53.2 Å². The molecule has 0 spiro atoms. The summed E-state index contributed by atoms with van der Waals surface area (Å²) in [6.45, 7) is 1.90. The van der Waals surface area contributed by atoms with Crippen molar-refractivity contribution in [3.63, 3.8) is 0 Å². The Hall–Kier alpha value is -1.09. The highest BCUT2D eigenvalue weighted by Gasteiger charge is 2.41. The molecule has 0 amide bonds. The fourth-order valence-corrected chi connectivity index (χ4v) is 5.03. The number of thioether (sulfide) groups is 1. The van der Waals surface area contributed by atoms with Crippen molar-refractivity contribution in [2.75, 3.05) is 5.32 Å². The van der Waals surface area contributed by atoms with Gasteiger partial charge in [0.05, 0.1) is 12.4 Å². The number of imidazole rings is 1. The number of nitrogens with one attached hydrogen (secondary N) is 1. The number of hydrogen-bond donors (Lipinski definition) is 3. The number of anilines is 1. The van der Waals surface area contributed by atoms with Gasteiger partial charge in [-0.15, -0.1) is 11.8 Å². The minimum Gasteiger partial charge on any atom is -0.389 e. The molecule has 0 aromatic carbocycles. The first-order chi connectivity index (χ1) is 11.5. The number of aliphatic hydroxyl groups is 2. The number of aliphatic hydroxyl groups excluding tert-OH is 2. The van der Waals surface area contributed by atoms with E-state index in [0.717, 1.165) is 12.8 Å². The quantitative estimate of drug-likeness (QED) is 0.713. The molecule has 0 unspecified atom stereocenters. The van der Waals surface area contributed by atoms with Gasteiger partial charge in [-0.3, -0.25) is 4.57 Å². The molecule has 3 N–H and O–H groups in total. The second kappa shape index (κ2) is 6.33. The van der Waals surface area contributed by atoms with Crippen molar-refractivity contribution in [2.45, 2.75) is 61.5 Å². The van der Waals surface area contributed by atoms with Gasteiger partial charge < -0.3 is 15.5 Å². The molecule has 3 heterocycles. The first-order valence-corrected chi connectivity index (χ1v) is 9.55. The van der Waals surface area contributed by atoms with Crippen molar-refractivity contribution in [3.05, 3.63) is 11.6 Å². The summed E-state index contributed by atoms with van der Waals surface area (Å²) in [6, 6.07) is 0.387. The number of aromatic nitrogens is 4. The van der Waals surface area contributed by atoms with Crippen molar-refractivity contribution >= 4 is 40.3 Å². The summed E-state index contributed by atoms with van der Waals surface area (Å²) in [5.74, 6) is 0.640. The van der Waals surface area contributed by atoms with Crippen LogP contribution in [0.4, 0.5) is 5.82 Å². The maximum absolute atomic E-state index is 10.3. The molecule has 0 bridgehead atoms. The average molecular weight is 370 g/mol. The molecule has 1 aliphatic heterocycles. The summed E-state index contributed by atoms with van der Waals surface area (Å²) in [6.07, 6.45) is 4.66. The monoisotopic (exact) mass is 369 g/mol. The van der Waals surface area contributed by atoms with Gasteiger partial charge in [-0.05, 0) is 24.4 Å². The van der Waals surface area contributed by atoms with Crippen LogP contribution in [-0.2, 0) is 0 Å². The lowest BCUT2D eigenvalue weighted by molar-refractivity contribution is 0.0206. The Bertz CT molecular complexity index is 751. The third-order valence-corrected chi connectivity index (χ3v) is 6.50. The summed E-state index contributed by atoms with van der Waals surface area (Å²) in [7, 11) is 0. The van der Waals surface area contributed by atoms with Gasteiger partial charge in [0, 0.05) is 11.3 Å². The van der Waals surface area contributed by atoms with Crippen LogP contribution in [0.2, 0.25) is 5.28 Å². The number of rotatable bonds is 3. The van der Waals surface area contributed by atoms with Gasteiger partial charge >= 0.3 is 0 Å². The average Bonchev–Trinajstić information content (AvgIpc) is 3.25. The molecule has 7 nitrogen and oxygen atoms in total. The van der Waals surface area contributed by atoms with Crippen LogP contribution in [0.25, 0.3) is 11.2 Å². The smallest absolute Gasteiger partial charge is 0.226 e. The minimum atomic E-state index is -0.873. The Balaban J connectivity index is 1.72. The van der Waals surface area contributed by atoms with E-state index in [-0.39, 0.29) is 15.9 Å². The van der Waals surface area contributed by atoms with Crippen molar-refractivity contribution in [1.29, 1.82) is 0 Å². The highest BCUT2D eigenvalue weighted by atomic mass is 35.5. The van der Waals surface area contributed by atoms with E-state index in [1.54, 1.807) is 10.9 Å². The van der Waals surface area contributed by atoms with Crippen LogP contribution in [0.3, 0.4) is 0 Å². The van der Waals surface area contributed by atoms with E-state index in [4.69, 9.17) is 11.6 Å². The minimum absolute atomic E-state index is 0.0594. The zero-order valence-corrected chi connectivity index (χ0v) is 14.8. The SMILES string of the molecule is C[C@@H]1S[C@H](n2cnc3c(NC4CCCC4)nc(Cl)nc32)[C@H](O)[C@@H]1O. The standard InChI is InChI=1S/C15H20ClN5O2S/c1-7-10(22)11(23)14(24-7)21-6-17-9-12(18-8-4-2-3-5-8)19-15(16)20-13(9)21/h6-8,10-11,14,22-23H,2-5H2,1H3,(H,18,19,20)/t7-,10+,11+,14-/m0/s1. The van der Waals surface area contributed by atoms with Crippen LogP contribution >= 0.6 is 23.4 Å². The fourth-order valence-electron chi connectivity index (χ4n) is 3.50. The topological polar surface area (TPSA) is 96.1 Å². The zero-order valence-electron chi connectivity index (χ0n) is 13.3. The van der Waals surface area contributed by atoms with Crippen molar-refractivity contribution < 1.29 is 10.2 Å². The molecule has 1 aliphatic carbocycles. The van der Waals surface area contributed by atoms with Gasteiger partial charge in [-0.1, -0.05) is 19.8 Å². The summed E-state index contributed by atoms with van der Waals surface area (Å²) in [5.41, 5.74) is 1.22. The lowest BCUT2D eigenvalue weighted by Gasteiger charge is -2.17. The lowest BCUT2D eigenvalue weighted by atomic mass is 10.1. The van der Waals surface area contributed by atoms with Gasteiger partial charge in [-0.25, -0.2) is 4.98 Å². The summed E-state index contributed by atoms with van der Waals surface area (Å²) in [4.78, 5) is 13.1. The van der Waals surface area contributed by atoms with Crippen LogP contribution in [0.15, 0.2) is 6.33 Å². The molecule has 2 aromatic heterocycles. The van der Waals surface area contributed by atoms with Gasteiger partial charge in [0.2, 0.25) is 5.28 Å². The molecule has 2 aromatic rings. The van der Waals surface area contributed by atoms with E-state index in [9.17, 15) is 10.2 Å². The fraction of sp³-hybridized carbons (Fsp3) is 0.667. The second-order valence-corrected chi connectivity index (χ2v) is 8.34. The Morgan fingerprint density at radius 2 is 2.00 bits per heavy atom. The van der Waals surface area contributed by atoms with E-state index in [1.165, 1.54) is 24.6 Å². The maximum atomic E-state index is 10.3. The summed E-state index contributed by atoms with van der Waals surface area (Å²) >= 11 is 7.61. The Labute approximate surface area is 148 Å². The predicted molar refractivity (Wildman–Crippen MR) is 94.3 cm³/mol. The van der Waals surface area contributed by atoms with Crippen LogP contribution in [0.1, 0.15) is 38.0 Å². The summed E-state index contributed by atoms with van der Waals surface area (Å²) < 4.78 is 1.78. The van der Waals surface area contributed by atoms with Crippen molar-refractivity contribution in [3.8, 4) is 0 Å². The molecule has 130 valence electrons. The molecule has 9 heteroatoms. The third kappa shape index (κ3) is 2.75. The highest BCUT2D eigenvalue weighted by molar-refractivity contribution is 8.00. The van der Waals surface area contributed by atoms with Crippen LogP contribution in [0, 0.1) is 0 Å². The lowest BCUT2D eigenvalue weighted by Crippen LogP contribution is -2.30. The molecule has 24 heavy (non-hydrogen) atoms. The molecule has 2 aliphatic rings. The number of hydrogen-bond acceptors (Lipinski definition) is 7. The normalized spacial score (nSPS) is 31.2. The molecule has 4 atom stereocenters. The van der Waals surface area contributed by atoms with E-state index < -0.39 is 12.2 Å². The second-order valence-electron chi connectivity index (χ2n) is 6.50. The molecule has 0 radical (unpaired) electrons. The highest BCUT2D eigenvalue weighted by Crippen LogP contribution is 2.43. The zero-order chi connectivity index (χ0) is 16.8. The number of nitrogens with zero attached hydrogens (tertiary/aromatic N) is 4. The first-order valence-electron chi connectivity index (χ1n) is 8.23. The Morgan fingerprint density at radius 1 is 1.25 bits per heavy atom. The largest absolute Gasteiger partial charge is 0.389 e. The van der Waals surface area contributed by atoms with Crippen LogP contribution < -0.4 is 5.32 Å². The third-order valence-electron chi connectivity index (χ3n) is 4.84. The maximum Gasteiger partial charge on any atom is 0.226 e. The van der Waals surface area contributed by atoms with E-state index in [2.05, 4.69) is 20.3 Å². The predicted octanol–water partition coefficient (Wildman–Crippen LogP) is 2.19. The van der Waals surface area contributed by atoms with Crippen LogP contribution in [0.5, 0.6) is 0 Å².